The van der Waals surface area contributed by atoms with Crippen molar-refractivity contribution in [1.29, 1.82) is 0 Å². The number of halogens is 4. The van der Waals surface area contributed by atoms with Crippen molar-refractivity contribution in [2.45, 2.75) is 58.2 Å². The lowest BCUT2D eigenvalue weighted by molar-refractivity contribution is 0.470. The Morgan fingerprint density at radius 3 is 1.19 bits per heavy atom. The van der Waals surface area contributed by atoms with Crippen molar-refractivity contribution in [3.8, 4) is 0 Å². The Kier molecular flexibility index (Phi) is 5.35. The molecule has 0 radical (unpaired) electrons. The van der Waals surface area contributed by atoms with Gasteiger partial charge in [0.15, 0.2) is 23.3 Å². The zero-order chi connectivity index (χ0) is 16.7. The molecular weight excluding hydrogens is 295 g/mol. The second kappa shape index (κ2) is 6.15. The lowest BCUT2D eigenvalue weighted by Gasteiger charge is -2.43. The second-order valence-corrected chi connectivity index (χ2v) is 12.5. The summed E-state index contributed by atoms with van der Waals surface area (Å²) in [5, 5.41) is -0.317. The van der Waals surface area contributed by atoms with Crippen molar-refractivity contribution < 1.29 is 17.6 Å². The summed E-state index contributed by atoms with van der Waals surface area (Å²) in [5.41, 5.74) is -0.707. The highest BCUT2D eigenvalue weighted by Gasteiger charge is 2.49. The minimum atomic E-state index is -2.81. The van der Waals surface area contributed by atoms with E-state index in [1.54, 1.807) is 0 Å². The van der Waals surface area contributed by atoms with Crippen LogP contribution in [0.5, 0.6) is 0 Å². The Morgan fingerprint density at radius 1 is 0.667 bits per heavy atom. The molecule has 0 aliphatic heterocycles. The van der Waals surface area contributed by atoms with Crippen LogP contribution in [0.15, 0.2) is 0 Å². The van der Waals surface area contributed by atoms with E-state index in [0.29, 0.717) is 0 Å². The third-order valence-corrected chi connectivity index (χ3v) is 11.8. The first kappa shape index (κ1) is 18.3. The topological polar surface area (TPSA) is 0 Å². The number of hydrogen-bond donors (Lipinski definition) is 0. The molecule has 1 aromatic rings. The molecule has 0 aromatic heterocycles. The van der Waals surface area contributed by atoms with Gasteiger partial charge in [-0.25, -0.2) is 17.6 Å². The quantitative estimate of drug-likeness (QED) is 0.453. The van der Waals surface area contributed by atoms with Crippen LogP contribution in [0.4, 0.5) is 17.6 Å². The maximum atomic E-state index is 14.5. The maximum Gasteiger partial charge on any atom is 0.160 e. The molecule has 0 fully saturated rings. The zero-order valence-electron chi connectivity index (χ0n) is 13.7. The monoisotopic (exact) mass is 318 g/mol. The van der Waals surface area contributed by atoms with E-state index >= 15 is 0 Å². The molecule has 0 nitrogen and oxygen atoms in total. The van der Waals surface area contributed by atoms with Gasteiger partial charge >= 0.3 is 0 Å². The summed E-state index contributed by atoms with van der Waals surface area (Å²) in [5.74, 6) is -4.92. The predicted molar refractivity (Wildman–Crippen MR) is 85.1 cm³/mol. The molecule has 1 rings (SSSR count). The van der Waals surface area contributed by atoms with E-state index in [2.05, 4.69) is 0 Å². The van der Waals surface area contributed by atoms with Gasteiger partial charge in [0.1, 0.15) is 15.9 Å². The van der Waals surface area contributed by atoms with Crippen LogP contribution in [0.1, 0.15) is 41.5 Å². The van der Waals surface area contributed by atoms with E-state index in [1.807, 2.05) is 41.5 Å². The summed E-state index contributed by atoms with van der Waals surface area (Å²) in [4.78, 5) is 0. The number of rotatable bonds is 4. The summed E-state index contributed by atoms with van der Waals surface area (Å²) in [6, 6.07) is 0. The van der Waals surface area contributed by atoms with E-state index in [4.69, 9.17) is 0 Å². The fourth-order valence-electron chi connectivity index (χ4n) is 3.99. The first-order valence-corrected chi connectivity index (χ1v) is 9.57. The summed E-state index contributed by atoms with van der Waals surface area (Å²) in [6.07, 6.45) is 0. The maximum absolute atomic E-state index is 14.5. The van der Waals surface area contributed by atoms with Crippen molar-refractivity contribution in [2.75, 3.05) is 0 Å². The zero-order valence-corrected chi connectivity index (χ0v) is 14.7. The lowest BCUT2D eigenvalue weighted by atomic mass is 9.94. The van der Waals surface area contributed by atoms with Gasteiger partial charge in [0.05, 0.1) is 0 Å². The largest absolute Gasteiger partial charge is 0.204 e. The van der Waals surface area contributed by atoms with Crippen LogP contribution in [-0.4, -0.2) is 15.9 Å². The van der Waals surface area contributed by atoms with Crippen molar-refractivity contribution in [2.24, 2.45) is 0 Å². The number of hydrogen-bond acceptors (Lipinski definition) is 0. The predicted octanol–water partition coefficient (Wildman–Crippen LogP) is 3.39. The van der Waals surface area contributed by atoms with Crippen molar-refractivity contribution in [3.05, 3.63) is 23.3 Å². The van der Waals surface area contributed by atoms with Crippen LogP contribution in [0, 0.1) is 23.3 Å². The second-order valence-electron chi connectivity index (χ2n) is 6.65. The van der Waals surface area contributed by atoms with Gasteiger partial charge in [-0.15, -0.1) is 0 Å². The Hall–Kier alpha value is -0.778. The molecule has 0 aliphatic rings. The first-order chi connectivity index (χ1) is 9.51. The molecule has 0 heterocycles. The van der Waals surface area contributed by atoms with E-state index in [1.165, 1.54) is 0 Å². The summed E-state index contributed by atoms with van der Waals surface area (Å²) < 4.78 is 57.1. The van der Waals surface area contributed by atoms with Gasteiger partial charge in [0.25, 0.3) is 0 Å². The van der Waals surface area contributed by atoms with E-state index < -0.39 is 36.8 Å². The third-order valence-electron chi connectivity index (χ3n) is 4.78. The average Bonchev–Trinajstić information content (AvgIpc) is 2.37. The van der Waals surface area contributed by atoms with Gasteiger partial charge in [-0.2, -0.15) is 0 Å². The van der Waals surface area contributed by atoms with Crippen LogP contribution in [0.25, 0.3) is 0 Å². The Balaban J connectivity index is 3.93. The minimum absolute atomic E-state index is 0.0389. The molecule has 0 saturated carbocycles. The molecule has 0 N–H and O–H groups in total. The highest BCUT2D eigenvalue weighted by Crippen LogP contribution is 2.42. The molecule has 0 atom stereocenters. The lowest BCUT2D eigenvalue weighted by Crippen LogP contribution is -2.59. The average molecular weight is 318 g/mol. The Labute approximate surface area is 126 Å². The van der Waals surface area contributed by atoms with Gasteiger partial charge in [0, 0.05) is 5.19 Å². The van der Waals surface area contributed by atoms with Crippen molar-refractivity contribution in [3.63, 3.8) is 0 Å². The van der Waals surface area contributed by atoms with E-state index in [0.717, 1.165) is 7.85 Å². The molecule has 6 heteroatoms. The molecule has 0 aliphatic carbocycles. The number of benzene rings is 1. The Bertz CT molecular complexity index is 490. The fourth-order valence-corrected chi connectivity index (χ4v) is 10.7. The minimum Gasteiger partial charge on any atom is -0.204 e. The highest BCUT2D eigenvalue weighted by atomic mass is 28.3. The smallest absolute Gasteiger partial charge is 0.160 e. The molecule has 1 aromatic carbocycles. The van der Waals surface area contributed by atoms with Crippen LogP contribution in [0.2, 0.25) is 16.6 Å². The molecule has 0 unspecified atom stereocenters. The van der Waals surface area contributed by atoms with Crippen LogP contribution in [-0.2, 0) is 0 Å². The summed E-state index contributed by atoms with van der Waals surface area (Å²) in [7, 11) is -1.75. The Morgan fingerprint density at radius 2 is 0.952 bits per heavy atom. The fraction of sp³-hybridized carbons (Fsp3) is 0.600. The van der Waals surface area contributed by atoms with Crippen molar-refractivity contribution in [1.82, 2.24) is 0 Å². The van der Waals surface area contributed by atoms with Gasteiger partial charge < -0.3 is 0 Å². The van der Waals surface area contributed by atoms with Crippen LogP contribution < -0.4 is 10.6 Å². The normalized spacial score (nSPS) is 12.8. The molecule has 118 valence electrons. The van der Waals surface area contributed by atoms with Crippen LogP contribution in [0.3, 0.4) is 0 Å². The van der Waals surface area contributed by atoms with Crippen molar-refractivity contribution >= 4 is 26.6 Å². The molecule has 0 amide bonds. The summed E-state index contributed by atoms with van der Waals surface area (Å²) in [6.45, 7) is 11.3. The molecular formula is C15H23BF4Si. The third kappa shape index (κ3) is 2.56. The molecule has 0 saturated heterocycles. The van der Waals surface area contributed by atoms with Gasteiger partial charge in [-0.05, 0) is 22.1 Å². The van der Waals surface area contributed by atoms with Gasteiger partial charge in [-0.1, -0.05) is 41.5 Å². The summed E-state index contributed by atoms with van der Waals surface area (Å²) >= 11 is 0. The van der Waals surface area contributed by atoms with E-state index in [9.17, 15) is 17.6 Å². The van der Waals surface area contributed by atoms with Gasteiger partial charge in [-0.3, -0.25) is 0 Å². The van der Waals surface area contributed by atoms with Gasteiger partial charge in [0.2, 0.25) is 0 Å². The highest BCUT2D eigenvalue weighted by molar-refractivity contribution is 6.95. The standard InChI is InChI=1S/C15H23BF4Si/c1-7(2)21(8(3)4,9(5)6)15-13(19)11(17)10(16)12(18)14(15)20/h7-9H,16H2,1-6H3. The van der Waals surface area contributed by atoms with Crippen LogP contribution >= 0.6 is 0 Å². The first-order valence-electron chi connectivity index (χ1n) is 7.34. The molecule has 21 heavy (non-hydrogen) atoms. The molecule has 0 spiro atoms. The SMILES string of the molecule is Bc1c(F)c(F)c([Si](C(C)C)(C(C)C)C(C)C)c(F)c1F. The van der Waals surface area contributed by atoms with E-state index in [-0.39, 0.29) is 21.8 Å². The molecule has 0 bridgehead atoms.